The maximum Gasteiger partial charge on any atom is 0.140 e. The molecule has 2 aromatic rings. The van der Waals surface area contributed by atoms with Crippen LogP contribution in [-0.2, 0) is 0 Å². The molecule has 106 valence electrons. The molecule has 0 fully saturated rings. The van der Waals surface area contributed by atoms with Gasteiger partial charge in [0, 0.05) is 21.1 Å². The van der Waals surface area contributed by atoms with Crippen LogP contribution in [0.25, 0.3) is 0 Å². The SMILES string of the molecule is Cc1cc(Cl)ccc1OC(c1ccccc1Br)C(C)N. The van der Waals surface area contributed by atoms with Gasteiger partial charge in [-0.1, -0.05) is 45.7 Å². The number of nitrogens with two attached hydrogens (primary N) is 1. The van der Waals surface area contributed by atoms with Gasteiger partial charge in [0.15, 0.2) is 0 Å². The van der Waals surface area contributed by atoms with Gasteiger partial charge in [-0.15, -0.1) is 0 Å². The van der Waals surface area contributed by atoms with Crippen LogP contribution in [0.2, 0.25) is 5.02 Å². The van der Waals surface area contributed by atoms with E-state index in [9.17, 15) is 0 Å². The molecule has 0 amide bonds. The minimum Gasteiger partial charge on any atom is -0.484 e. The summed E-state index contributed by atoms with van der Waals surface area (Å²) in [4.78, 5) is 0. The summed E-state index contributed by atoms with van der Waals surface area (Å²) in [6, 6.07) is 13.4. The van der Waals surface area contributed by atoms with E-state index < -0.39 is 0 Å². The zero-order chi connectivity index (χ0) is 14.7. The van der Waals surface area contributed by atoms with Crippen molar-refractivity contribution in [3.63, 3.8) is 0 Å². The molecule has 0 saturated heterocycles. The first-order valence-corrected chi connectivity index (χ1v) is 7.59. The van der Waals surface area contributed by atoms with E-state index >= 15 is 0 Å². The van der Waals surface area contributed by atoms with Crippen molar-refractivity contribution in [3.8, 4) is 5.75 Å². The summed E-state index contributed by atoms with van der Waals surface area (Å²) in [6.07, 6.45) is -0.217. The molecule has 0 aliphatic carbocycles. The topological polar surface area (TPSA) is 35.2 Å². The highest BCUT2D eigenvalue weighted by Gasteiger charge is 2.21. The minimum atomic E-state index is -0.217. The van der Waals surface area contributed by atoms with Gasteiger partial charge in [0.1, 0.15) is 11.9 Å². The molecule has 2 aromatic carbocycles. The van der Waals surface area contributed by atoms with Crippen LogP contribution >= 0.6 is 27.5 Å². The Bertz CT molecular complexity index is 601. The first kappa shape index (κ1) is 15.4. The van der Waals surface area contributed by atoms with Gasteiger partial charge in [0.05, 0.1) is 0 Å². The summed E-state index contributed by atoms with van der Waals surface area (Å²) >= 11 is 9.52. The molecular formula is C16H17BrClNO. The molecule has 0 aromatic heterocycles. The lowest BCUT2D eigenvalue weighted by Crippen LogP contribution is -2.29. The molecule has 4 heteroatoms. The van der Waals surface area contributed by atoms with Gasteiger partial charge >= 0.3 is 0 Å². The number of aryl methyl sites for hydroxylation is 1. The highest BCUT2D eigenvalue weighted by molar-refractivity contribution is 9.10. The molecule has 0 saturated carbocycles. The van der Waals surface area contributed by atoms with Crippen LogP contribution in [0.5, 0.6) is 5.75 Å². The summed E-state index contributed by atoms with van der Waals surface area (Å²) < 4.78 is 7.11. The van der Waals surface area contributed by atoms with Crippen molar-refractivity contribution in [2.75, 3.05) is 0 Å². The summed E-state index contributed by atoms with van der Waals surface area (Å²) in [5.41, 5.74) is 8.13. The second-order valence-corrected chi connectivity index (χ2v) is 6.12. The van der Waals surface area contributed by atoms with Gasteiger partial charge < -0.3 is 10.5 Å². The average molecular weight is 355 g/mol. The summed E-state index contributed by atoms with van der Waals surface area (Å²) in [5, 5.41) is 0.702. The van der Waals surface area contributed by atoms with Crippen molar-refractivity contribution < 1.29 is 4.74 Å². The predicted molar refractivity (Wildman–Crippen MR) is 87.3 cm³/mol. The largest absolute Gasteiger partial charge is 0.484 e. The molecule has 0 aliphatic heterocycles. The van der Waals surface area contributed by atoms with Gasteiger partial charge in [-0.25, -0.2) is 0 Å². The van der Waals surface area contributed by atoms with E-state index in [4.69, 9.17) is 22.1 Å². The normalized spacial score (nSPS) is 13.8. The van der Waals surface area contributed by atoms with E-state index in [0.717, 1.165) is 21.3 Å². The molecule has 20 heavy (non-hydrogen) atoms. The molecular weight excluding hydrogens is 338 g/mol. The standard InChI is InChI=1S/C16H17BrClNO/c1-10-9-12(18)7-8-15(10)20-16(11(2)19)13-5-3-4-6-14(13)17/h3-9,11,16H,19H2,1-2H3. The molecule has 0 aliphatic rings. The molecule has 0 radical (unpaired) electrons. The smallest absolute Gasteiger partial charge is 0.140 e. The van der Waals surface area contributed by atoms with Crippen LogP contribution in [0.1, 0.15) is 24.2 Å². The first-order valence-electron chi connectivity index (χ1n) is 6.42. The number of ether oxygens (including phenoxy) is 1. The zero-order valence-electron chi connectivity index (χ0n) is 11.4. The second-order valence-electron chi connectivity index (χ2n) is 4.83. The monoisotopic (exact) mass is 353 g/mol. The Hall–Kier alpha value is -1.03. The molecule has 2 N–H and O–H groups in total. The third kappa shape index (κ3) is 3.54. The van der Waals surface area contributed by atoms with E-state index in [1.54, 1.807) is 0 Å². The molecule has 2 rings (SSSR count). The number of halogens is 2. The number of hydrogen-bond acceptors (Lipinski definition) is 2. The number of benzene rings is 2. The molecule has 2 unspecified atom stereocenters. The van der Waals surface area contributed by atoms with Crippen LogP contribution in [0.4, 0.5) is 0 Å². The Kier molecular flexibility index (Phi) is 5.08. The van der Waals surface area contributed by atoms with E-state index in [2.05, 4.69) is 15.9 Å². The van der Waals surface area contributed by atoms with Crippen molar-refractivity contribution in [1.29, 1.82) is 0 Å². The van der Waals surface area contributed by atoms with E-state index in [1.165, 1.54) is 0 Å². The Morgan fingerprint density at radius 3 is 2.50 bits per heavy atom. The average Bonchev–Trinajstić information content (AvgIpc) is 2.39. The number of hydrogen-bond donors (Lipinski definition) is 1. The number of rotatable bonds is 4. The summed E-state index contributed by atoms with van der Waals surface area (Å²) in [6.45, 7) is 3.91. The van der Waals surface area contributed by atoms with Crippen molar-refractivity contribution in [1.82, 2.24) is 0 Å². The Morgan fingerprint density at radius 2 is 1.90 bits per heavy atom. The highest BCUT2D eigenvalue weighted by atomic mass is 79.9. The van der Waals surface area contributed by atoms with Crippen LogP contribution in [0.3, 0.4) is 0 Å². The molecule has 0 spiro atoms. The molecule has 2 nitrogen and oxygen atoms in total. The lowest BCUT2D eigenvalue weighted by Gasteiger charge is -2.25. The fourth-order valence-electron chi connectivity index (χ4n) is 2.04. The lowest BCUT2D eigenvalue weighted by molar-refractivity contribution is 0.178. The van der Waals surface area contributed by atoms with Crippen molar-refractivity contribution in [3.05, 3.63) is 63.1 Å². The fraction of sp³-hybridized carbons (Fsp3) is 0.250. The predicted octanol–water partition coefficient (Wildman–Crippen LogP) is 4.88. The Labute approximate surface area is 133 Å². The Morgan fingerprint density at radius 1 is 1.20 bits per heavy atom. The summed E-state index contributed by atoms with van der Waals surface area (Å²) in [7, 11) is 0. The van der Waals surface area contributed by atoms with Gasteiger partial charge in [0.25, 0.3) is 0 Å². The van der Waals surface area contributed by atoms with Crippen molar-refractivity contribution in [2.24, 2.45) is 5.73 Å². The minimum absolute atomic E-state index is 0.135. The van der Waals surface area contributed by atoms with Crippen molar-refractivity contribution >= 4 is 27.5 Å². The molecule has 0 heterocycles. The maximum atomic E-state index is 6.11. The maximum absolute atomic E-state index is 6.11. The fourth-order valence-corrected chi connectivity index (χ4v) is 2.78. The van der Waals surface area contributed by atoms with E-state index in [-0.39, 0.29) is 12.1 Å². The van der Waals surface area contributed by atoms with Crippen LogP contribution in [-0.4, -0.2) is 6.04 Å². The third-order valence-corrected chi connectivity index (χ3v) is 4.04. The van der Waals surface area contributed by atoms with Gasteiger partial charge in [-0.2, -0.15) is 0 Å². The lowest BCUT2D eigenvalue weighted by atomic mass is 10.0. The van der Waals surface area contributed by atoms with Crippen LogP contribution in [0.15, 0.2) is 46.9 Å². The van der Waals surface area contributed by atoms with Gasteiger partial charge in [-0.3, -0.25) is 0 Å². The van der Waals surface area contributed by atoms with E-state index in [0.29, 0.717) is 5.02 Å². The quantitative estimate of drug-likeness (QED) is 0.849. The molecule has 2 atom stereocenters. The van der Waals surface area contributed by atoms with Gasteiger partial charge in [0.2, 0.25) is 0 Å². The zero-order valence-corrected chi connectivity index (χ0v) is 13.8. The second kappa shape index (κ2) is 6.61. The van der Waals surface area contributed by atoms with Gasteiger partial charge in [-0.05, 0) is 43.7 Å². The van der Waals surface area contributed by atoms with Crippen LogP contribution < -0.4 is 10.5 Å². The molecule has 0 bridgehead atoms. The highest BCUT2D eigenvalue weighted by Crippen LogP contribution is 2.31. The Balaban J connectivity index is 2.33. The van der Waals surface area contributed by atoms with Crippen LogP contribution in [0, 0.1) is 6.92 Å². The van der Waals surface area contributed by atoms with E-state index in [1.807, 2.05) is 56.3 Å². The first-order chi connectivity index (χ1) is 9.49. The summed E-state index contributed by atoms with van der Waals surface area (Å²) in [5.74, 6) is 0.799. The third-order valence-electron chi connectivity index (χ3n) is 3.08. The van der Waals surface area contributed by atoms with Crippen molar-refractivity contribution in [2.45, 2.75) is 26.0 Å².